The summed E-state index contributed by atoms with van der Waals surface area (Å²) in [6.07, 6.45) is 12.7. The summed E-state index contributed by atoms with van der Waals surface area (Å²) in [5.74, 6) is 0.675. The Morgan fingerprint density at radius 3 is 2.30 bits per heavy atom. The Balaban J connectivity index is 0.000000291. The molecule has 0 spiro atoms. The number of likely N-dealkylation sites (tertiary alicyclic amines) is 1. The van der Waals surface area contributed by atoms with Gasteiger partial charge in [0.25, 0.3) is 0 Å². The molecule has 2 aliphatic heterocycles. The molecule has 0 atom stereocenters. The molecule has 3 fully saturated rings. The van der Waals surface area contributed by atoms with Gasteiger partial charge < -0.3 is 43.6 Å². The Morgan fingerprint density at radius 1 is 0.981 bits per heavy atom. The van der Waals surface area contributed by atoms with Crippen LogP contribution in [-0.2, 0) is 19.1 Å². The number of piperidine rings is 1. The molecule has 54 heavy (non-hydrogen) atoms. The van der Waals surface area contributed by atoms with E-state index < -0.39 is 0 Å². The number of carbonyl (C=O) groups is 3. The number of imide groups is 1. The second-order valence-electron chi connectivity index (χ2n) is 12.7. The molecule has 3 aliphatic rings. The van der Waals surface area contributed by atoms with Crippen LogP contribution in [0.5, 0.6) is 11.5 Å². The maximum absolute atomic E-state index is 12.9. The van der Waals surface area contributed by atoms with Gasteiger partial charge in [0, 0.05) is 55.6 Å². The molecule has 2 saturated heterocycles. The van der Waals surface area contributed by atoms with Gasteiger partial charge >= 0.3 is 29.6 Å². The monoisotopic (exact) mass is 751 g/mol. The first-order valence-corrected chi connectivity index (χ1v) is 18.0. The third kappa shape index (κ3) is 12.9. The summed E-state index contributed by atoms with van der Waals surface area (Å²) in [7, 11) is 0. The molecule has 3 amide bonds. The molecule has 6 rings (SSSR count). The summed E-state index contributed by atoms with van der Waals surface area (Å²) in [6.45, 7) is 8.37. The van der Waals surface area contributed by atoms with Crippen molar-refractivity contribution < 1.29 is 58.5 Å². The van der Waals surface area contributed by atoms with Crippen molar-refractivity contribution in [2.45, 2.75) is 64.3 Å². The van der Waals surface area contributed by atoms with Crippen molar-refractivity contribution in [2.75, 3.05) is 44.5 Å². The summed E-state index contributed by atoms with van der Waals surface area (Å²) in [4.78, 5) is 40.4. The number of allylic oxidation sites excluding steroid dienone is 2. The molecular weight excluding hydrogens is 699 g/mol. The fourth-order valence-corrected chi connectivity index (χ4v) is 6.23. The number of nitrogens with zero attached hydrogens (tertiary/aromatic N) is 5. The van der Waals surface area contributed by atoms with Crippen LogP contribution < -0.4 is 56.4 Å². The number of phenols is 1. The first-order chi connectivity index (χ1) is 25.6. The van der Waals surface area contributed by atoms with Gasteiger partial charge in [-0.05, 0) is 51.0 Å². The number of nitrogens with two attached hydrogens (primary N) is 3. The van der Waals surface area contributed by atoms with Gasteiger partial charge in [0.2, 0.25) is 17.7 Å². The van der Waals surface area contributed by atoms with E-state index in [0.29, 0.717) is 74.3 Å². The fourth-order valence-electron chi connectivity index (χ4n) is 6.23. The van der Waals surface area contributed by atoms with E-state index in [9.17, 15) is 19.5 Å². The van der Waals surface area contributed by atoms with Crippen LogP contribution in [0.3, 0.4) is 0 Å². The van der Waals surface area contributed by atoms with Crippen LogP contribution in [-0.4, -0.2) is 88.0 Å². The molecular formula is C39H52N8NaO6-. The Morgan fingerprint density at radius 2 is 1.69 bits per heavy atom. The number of carbonyl (C=O) groups excluding carboxylic acids is 3. The molecule has 0 bridgehead atoms. The molecule has 3 heterocycles. The van der Waals surface area contributed by atoms with Gasteiger partial charge in [-0.1, -0.05) is 31.4 Å². The van der Waals surface area contributed by atoms with Crippen molar-refractivity contribution in [3.05, 3.63) is 91.4 Å². The molecule has 3 aromatic rings. The van der Waals surface area contributed by atoms with Crippen LogP contribution in [0, 0.1) is 13.0 Å². The number of anilines is 1. The van der Waals surface area contributed by atoms with Crippen molar-refractivity contribution >= 4 is 34.8 Å². The number of rotatable bonds is 10. The predicted molar refractivity (Wildman–Crippen MR) is 203 cm³/mol. The molecule has 2 aromatic carbocycles. The molecule has 1 saturated carbocycles. The Labute approximate surface area is 340 Å². The molecule has 0 unspecified atom stereocenters. The average Bonchev–Trinajstić information content (AvgIpc) is 3.65. The maximum atomic E-state index is 12.9. The number of ether oxygens (including phenoxy) is 2. The van der Waals surface area contributed by atoms with E-state index in [4.69, 9.17) is 26.7 Å². The first kappa shape index (κ1) is 44.1. The quantitative estimate of drug-likeness (QED) is 0.0993. The number of hydrogen-bond acceptors (Lipinski definition) is 11. The minimum absolute atomic E-state index is 0. The Kier molecular flexibility index (Phi) is 18.6. The van der Waals surface area contributed by atoms with E-state index in [-0.39, 0.29) is 65.6 Å². The van der Waals surface area contributed by atoms with Crippen molar-refractivity contribution in [2.24, 2.45) is 17.2 Å². The summed E-state index contributed by atoms with van der Waals surface area (Å²) >= 11 is 0. The maximum Gasteiger partial charge on any atom is 1.00 e. The SMILES string of the molecule is CCOCN1C(=O)CCCC1=O.NC(N)=C(/C=C(\N)c1ccccc1O)n1cc(N2CCN(C3CCCCC3)CC2=O)cn1.[CH2-]COc1[c-]cccc1.[Na+]. The second-order valence-corrected chi connectivity index (χ2v) is 12.7. The molecule has 14 nitrogen and oxygen atoms in total. The van der Waals surface area contributed by atoms with E-state index in [1.807, 2.05) is 31.2 Å². The zero-order valence-corrected chi connectivity index (χ0v) is 33.5. The average molecular weight is 752 g/mol. The number of piperazine rings is 1. The standard InChI is InChI=1S/C23H31N7O2.C8H13NO3.C8H8O.Na/c24-19(18-8-4-5-9-21(18)31)12-20(23(25)26)30-14-17(13-27-30)29-11-10-28(15-22(29)32)16-6-2-1-3-7-16;1-2-12-6-9-7(10)4-3-5-8(9)11;1-2-9-8-6-4-3-5-7-8;/h4-5,8-9,12-14,16,31H,1-3,6-7,10-11,15,24-26H2;2-6H2,1H3;3-6H,1-2H2;/q;;-2;+1/b19-12-;;;. The van der Waals surface area contributed by atoms with Gasteiger partial charge in [0.1, 0.15) is 24.0 Å². The fraction of sp³-hybridized carbons (Fsp3) is 0.410. The topological polar surface area (TPSA) is 195 Å². The number of amides is 3. The van der Waals surface area contributed by atoms with E-state index in [1.165, 1.54) is 41.7 Å². The normalized spacial score (nSPS) is 16.7. The largest absolute Gasteiger partial charge is 1.00 e. The molecule has 7 N–H and O–H groups in total. The minimum Gasteiger partial charge on any atom is -0.551 e. The van der Waals surface area contributed by atoms with Crippen molar-refractivity contribution in [3.8, 4) is 11.5 Å². The van der Waals surface area contributed by atoms with Gasteiger partial charge in [-0.2, -0.15) is 23.3 Å². The van der Waals surface area contributed by atoms with Crippen LogP contribution in [0.1, 0.15) is 63.9 Å². The molecule has 1 aromatic heterocycles. The third-order valence-electron chi connectivity index (χ3n) is 9.02. The zero-order valence-electron chi connectivity index (χ0n) is 31.5. The van der Waals surface area contributed by atoms with Crippen LogP contribution in [0.15, 0.2) is 72.8 Å². The van der Waals surface area contributed by atoms with Gasteiger partial charge in [-0.25, -0.2) is 4.68 Å². The predicted octanol–water partition coefficient (Wildman–Crippen LogP) is 0.836. The van der Waals surface area contributed by atoms with Gasteiger partial charge in [-0.15, -0.1) is 12.1 Å². The van der Waals surface area contributed by atoms with Gasteiger partial charge in [0.15, 0.2) is 0 Å². The number of benzene rings is 2. The summed E-state index contributed by atoms with van der Waals surface area (Å²) in [5.41, 5.74) is 19.8. The minimum atomic E-state index is -0.111. The number of aromatic hydroxyl groups is 1. The third-order valence-corrected chi connectivity index (χ3v) is 9.02. The second kappa shape index (κ2) is 22.8. The number of para-hydroxylation sites is 2. The summed E-state index contributed by atoms with van der Waals surface area (Å²) in [6, 6.07) is 17.6. The number of hydrogen-bond donors (Lipinski definition) is 4. The van der Waals surface area contributed by atoms with Gasteiger partial charge in [-0.3, -0.25) is 24.2 Å². The van der Waals surface area contributed by atoms with Crippen LogP contribution in [0.4, 0.5) is 5.69 Å². The number of aromatic nitrogens is 2. The van der Waals surface area contributed by atoms with Crippen molar-refractivity contribution in [1.82, 2.24) is 19.6 Å². The van der Waals surface area contributed by atoms with Crippen molar-refractivity contribution in [3.63, 3.8) is 0 Å². The van der Waals surface area contributed by atoms with Gasteiger partial charge in [0.05, 0.1) is 24.6 Å². The smallest absolute Gasteiger partial charge is 0.551 e. The van der Waals surface area contributed by atoms with Crippen LogP contribution in [0.2, 0.25) is 0 Å². The van der Waals surface area contributed by atoms with Crippen LogP contribution >= 0.6 is 0 Å². The summed E-state index contributed by atoms with van der Waals surface area (Å²) < 4.78 is 11.5. The van der Waals surface area contributed by atoms with Crippen molar-refractivity contribution in [1.29, 1.82) is 0 Å². The molecule has 0 radical (unpaired) electrons. The van der Waals surface area contributed by atoms with E-state index >= 15 is 0 Å². The van der Waals surface area contributed by atoms with E-state index in [2.05, 4.69) is 23.0 Å². The van der Waals surface area contributed by atoms with E-state index in [1.54, 1.807) is 47.6 Å². The Bertz CT molecular complexity index is 1690. The van der Waals surface area contributed by atoms with Crippen LogP contribution in [0.25, 0.3) is 11.4 Å². The molecule has 286 valence electrons. The molecule has 15 heteroatoms. The molecule has 1 aliphatic carbocycles. The van der Waals surface area contributed by atoms with E-state index in [0.717, 1.165) is 12.3 Å². The Hall–Kier alpha value is -4.34. The number of phenolic OH excluding ortho intramolecular Hbond substituents is 1. The summed E-state index contributed by atoms with van der Waals surface area (Å²) in [5, 5.41) is 14.4. The first-order valence-electron chi connectivity index (χ1n) is 18.0. The zero-order chi connectivity index (χ0) is 38.2.